The monoisotopic (exact) mass is 659 g/mol. The Hall–Kier alpha value is -1.48. The first-order valence-corrected chi connectivity index (χ1v) is 19.2. The minimum atomic E-state index is -0.920. The lowest BCUT2D eigenvalue weighted by atomic mass is 10.1. The van der Waals surface area contributed by atoms with Crippen molar-refractivity contribution in [1.82, 2.24) is 0 Å². The second-order valence-corrected chi connectivity index (χ2v) is 13.0. The van der Waals surface area contributed by atoms with E-state index in [1.165, 1.54) is 103 Å². The van der Waals surface area contributed by atoms with Gasteiger partial charge in [0.15, 0.2) is 0 Å². The predicted molar refractivity (Wildman–Crippen MR) is 188 cm³/mol. The zero-order chi connectivity index (χ0) is 34.9. The molecule has 2 unspecified atom stereocenters. The SMILES string of the molecule is CC(O)C[NH2+]CCCCCC[NH2+]CC(C)O.CCCCCCCC(=O)[O-].CCCCCCCC/C=C\CCCCCCCC(=O)[O-]. The Morgan fingerprint density at radius 1 is 0.522 bits per heavy atom. The van der Waals surface area contributed by atoms with Crippen LogP contribution in [0.1, 0.15) is 182 Å². The lowest BCUT2D eigenvalue weighted by Gasteiger charge is -2.04. The Bertz CT molecular complexity index is 612. The van der Waals surface area contributed by atoms with Gasteiger partial charge in [-0.2, -0.15) is 0 Å². The maximum absolute atomic E-state index is 10.2. The number of aliphatic carboxylic acids is 2. The van der Waals surface area contributed by atoms with Gasteiger partial charge in [-0.3, -0.25) is 0 Å². The first kappa shape index (κ1) is 48.9. The van der Waals surface area contributed by atoms with E-state index < -0.39 is 11.9 Å². The zero-order valence-electron chi connectivity index (χ0n) is 30.8. The number of nitrogens with two attached hydrogens (primary N) is 2. The van der Waals surface area contributed by atoms with E-state index in [1.807, 2.05) is 13.8 Å². The van der Waals surface area contributed by atoms with Crippen LogP contribution in [0.4, 0.5) is 0 Å². The largest absolute Gasteiger partial charge is 0.550 e. The normalized spacial score (nSPS) is 12.2. The summed E-state index contributed by atoms with van der Waals surface area (Å²) in [6.45, 7) is 11.9. The van der Waals surface area contributed by atoms with Crippen LogP contribution in [-0.2, 0) is 9.59 Å². The van der Waals surface area contributed by atoms with Crippen LogP contribution in [0.5, 0.6) is 0 Å². The highest BCUT2D eigenvalue weighted by Gasteiger charge is 1.99. The number of quaternary nitrogens is 2. The fraction of sp³-hybridized carbons (Fsp3) is 0.895. The van der Waals surface area contributed by atoms with Gasteiger partial charge in [-0.1, -0.05) is 103 Å². The van der Waals surface area contributed by atoms with Crippen LogP contribution in [0.3, 0.4) is 0 Å². The smallest absolute Gasteiger partial charge is 0.102 e. The molecule has 0 heterocycles. The Morgan fingerprint density at radius 2 is 0.826 bits per heavy atom. The van der Waals surface area contributed by atoms with Crippen LogP contribution in [-0.4, -0.2) is 60.5 Å². The van der Waals surface area contributed by atoms with E-state index in [9.17, 15) is 19.8 Å². The van der Waals surface area contributed by atoms with Gasteiger partial charge in [-0.15, -0.1) is 0 Å². The zero-order valence-corrected chi connectivity index (χ0v) is 30.8. The van der Waals surface area contributed by atoms with Crippen LogP contribution in [0, 0.1) is 0 Å². The lowest BCUT2D eigenvalue weighted by molar-refractivity contribution is -0.662. The van der Waals surface area contributed by atoms with Crippen molar-refractivity contribution in [3.05, 3.63) is 12.2 Å². The lowest BCUT2D eigenvalue weighted by Crippen LogP contribution is -2.86. The minimum absolute atomic E-state index is 0.185. The number of rotatable bonds is 32. The molecule has 6 N–H and O–H groups in total. The molecule has 0 aliphatic carbocycles. The Balaban J connectivity index is -0.000000637. The topological polar surface area (TPSA) is 154 Å². The molecule has 0 bridgehead atoms. The second kappa shape index (κ2) is 43.5. The quantitative estimate of drug-likeness (QED) is 0.0624. The van der Waals surface area contributed by atoms with Gasteiger partial charge in [0, 0.05) is 11.9 Å². The molecular weight excluding hydrogens is 580 g/mol. The van der Waals surface area contributed by atoms with Crippen molar-refractivity contribution in [1.29, 1.82) is 0 Å². The number of hydrogen-bond acceptors (Lipinski definition) is 6. The van der Waals surface area contributed by atoms with Crippen LogP contribution in [0.15, 0.2) is 12.2 Å². The number of carboxylic acids is 2. The molecule has 0 saturated heterocycles. The van der Waals surface area contributed by atoms with Gasteiger partial charge in [0.25, 0.3) is 0 Å². The standard InChI is InChI=1S/C18H34O2.C12H28N2O2.C8H16O2/c1-2-3-4-5-6-7-8-9-10-11-12-13-14-15-16-17-18(19)20;1-11(15)9-13-7-5-3-4-6-8-14-10-12(2)16;1-2-3-4-5-6-7-8(9)10/h9-10H,2-8,11-17H2,1H3,(H,19,20);11-16H,3-10H2,1-2H3;2-7H2,1H3,(H,9,10)/b10-9-;;. The van der Waals surface area contributed by atoms with Gasteiger partial charge in [0.05, 0.1) is 25.3 Å². The molecule has 8 heteroatoms. The molecule has 2 atom stereocenters. The molecule has 0 spiro atoms. The van der Waals surface area contributed by atoms with E-state index in [0.717, 1.165) is 64.7 Å². The van der Waals surface area contributed by atoms with E-state index in [0.29, 0.717) is 0 Å². The third-order valence-corrected chi connectivity index (χ3v) is 7.71. The predicted octanol–water partition coefficient (Wildman–Crippen LogP) is 4.31. The number of aliphatic hydroxyl groups excluding tert-OH is 2. The average Bonchev–Trinajstić information content (AvgIpc) is 3.00. The molecular formula is C38H78N2O6. The van der Waals surface area contributed by atoms with E-state index in [1.54, 1.807) is 0 Å². The molecule has 8 nitrogen and oxygen atoms in total. The molecule has 276 valence electrons. The Kier molecular flexibility index (Phi) is 46.3. The number of hydrogen-bond donors (Lipinski definition) is 4. The molecule has 0 rings (SSSR count). The second-order valence-electron chi connectivity index (χ2n) is 13.0. The molecule has 0 aliphatic heterocycles. The van der Waals surface area contributed by atoms with Gasteiger partial charge in [-0.05, 0) is 90.9 Å². The number of carbonyl (C=O) groups is 2. The molecule has 0 fully saturated rings. The third kappa shape index (κ3) is 58.1. The average molecular weight is 659 g/mol. The summed E-state index contributed by atoms with van der Waals surface area (Å²) in [5.74, 6) is -1.83. The fourth-order valence-corrected chi connectivity index (χ4v) is 4.86. The van der Waals surface area contributed by atoms with Gasteiger partial charge in [0.2, 0.25) is 0 Å². The number of carbonyl (C=O) groups excluding carboxylic acids is 2. The van der Waals surface area contributed by atoms with Crippen LogP contribution >= 0.6 is 0 Å². The number of aliphatic hydroxyl groups is 2. The molecule has 0 aromatic rings. The maximum atomic E-state index is 10.2. The van der Waals surface area contributed by atoms with Crippen molar-refractivity contribution in [2.24, 2.45) is 0 Å². The van der Waals surface area contributed by atoms with E-state index in [4.69, 9.17) is 10.2 Å². The van der Waals surface area contributed by atoms with E-state index in [-0.39, 0.29) is 25.0 Å². The Morgan fingerprint density at radius 3 is 1.15 bits per heavy atom. The van der Waals surface area contributed by atoms with Crippen molar-refractivity contribution >= 4 is 11.9 Å². The highest BCUT2D eigenvalue weighted by molar-refractivity contribution is 5.64. The van der Waals surface area contributed by atoms with Gasteiger partial charge in [0.1, 0.15) is 13.1 Å². The molecule has 0 amide bonds. The summed E-state index contributed by atoms with van der Waals surface area (Å²) in [5.41, 5.74) is 0. The summed E-state index contributed by atoms with van der Waals surface area (Å²) in [4.78, 5) is 20.1. The minimum Gasteiger partial charge on any atom is -0.550 e. The molecule has 0 saturated carbocycles. The summed E-state index contributed by atoms with van der Waals surface area (Å²) in [6.07, 6.45) is 31.2. The summed E-state index contributed by atoms with van der Waals surface area (Å²) in [6, 6.07) is 0. The van der Waals surface area contributed by atoms with Crippen molar-refractivity contribution < 1.29 is 40.6 Å². The molecule has 0 aromatic heterocycles. The van der Waals surface area contributed by atoms with Crippen LogP contribution < -0.4 is 20.8 Å². The van der Waals surface area contributed by atoms with Crippen molar-refractivity contribution in [3.8, 4) is 0 Å². The van der Waals surface area contributed by atoms with Crippen molar-refractivity contribution in [3.63, 3.8) is 0 Å². The third-order valence-electron chi connectivity index (χ3n) is 7.71. The van der Waals surface area contributed by atoms with Gasteiger partial charge >= 0.3 is 0 Å². The summed E-state index contributed by atoms with van der Waals surface area (Å²) in [7, 11) is 0. The molecule has 0 radical (unpaired) electrons. The van der Waals surface area contributed by atoms with Gasteiger partial charge in [-0.25, -0.2) is 0 Å². The molecule has 0 aromatic carbocycles. The molecule has 0 aliphatic rings. The van der Waals surface area contributed by atoms with E-state index in [2.05, 4.69) is 36.6 Å². The summed E-state index contributed by atoms with van der Waals surface area (Å²) < 4.78 is 0. The van der Waals surface area contributed by atoms with Crippen LogP contribution in [0.2, 0.25) is 0 Å². The number of unbranched alkanes of at least 4 members (excludes halogenated alkanes) is 18. The molecule has 46 heavy (non-hydrogen) atoms. The van der Waals surface area contributed by atoms with E-state index >= 15 is 0 Å². The van der Waals surface area contributed by atoms with Crippen molar-refractivity contribution in [2.45, 2.75) is 194 Å². The number of allylic oxidation sites excluding steroid dienone is 2. The highest BCUT2D eigenvalue weighted by atomic mass is 16.4. The van der Waals surface area contributed by atoms with Crippen LogP contribution in [0.25, 0.3) is 0 Å². The maximum Gasteiger partial charge on any atom is 0.102 e. The van der Waals surface area contributed by atoms with Gasteiger partial charge < -0.3 is 40.6 Å². The first-order chi connectivity index (χ1) is 22.2. The first-order valence-electron chi connectivity index (χ1n) is 19.2. The highest BCUT2D eigenvalue weighted by Crippen LogP contribution is 2.10. The number of carboxylic acid groups (broad SMARTS) is 2. The Labute approximate surface area is 284 Å². The summed E-state index contributed by atoms with van der Waals surface area (Å²) in [5, 5.41) is 42.6. The fourth-order valence-electron chi connectivity index (χ4n) is 4.86. The van der Waals surface area contributed by atoms with Crippen molar-refractivity contribution in [2.75, 3.05) is 26.2 Å². The summed E-state index contributed by atoms with van der Waals surface area (Å²) >= 11 is 0.